The molecule has 1 heterocycles. The lowest BCUT2D eigenvalue weighted by Gasteiger charge is -2.25. The topological polar surface area (TPSA) is 75.7 Å². The molecule has 144 valence electrons. The van der Waals surface area contributed by atoms with Crippen molar-refractivity contribution in [2.24, 2.45) is 0 Å². The molecule has 0 aliphatic carbocycles. The summed E-state index contributed by atoms with van der Waals surface area (Å²) < 4.78 is 32.7. The highest BCUT2D eigenvalue weighted by Gasteiger charge is 2.40. The van der Waals surface area contributed by atoms with E-state index in [9.17, 15) is 13.2 Å². The summed E-state index contributed by atoms with van der Waals surface area (Å²) >= 11 is 0. The van der Waals surface area contributed by atoms with E-state index in [1.807, 2.05) is 36.4 Å². The number of sulfonamides is 1. The number of hydrogen-bond acceptors (Lipinski definition) is 4. The van der Waals surface area contributed by atoms with Crippen LogP contribution in [-0.2, 0) is 21.4 Å². The van der Waals surface area contributed by atoms with Crippen molar-refractivity contribution < 1.29 is 17.9 Å². The van der Waals surface area contributed by atoms with Gasteiger partial charge >= 0.3 is 0 Å². The van der Waals surface area contributed by atoms with Crippen molar-refractivity contribution in [3.63, 3.8) is 0 Å². The Morgan fingerprint density at radius 2 is 1.79 bits per heavy atom. The van der Waals surface area contributed by atoms with Crippen molar-refractivity contribution in [1.82, 2.24) is 5.32 Å². The van der Waals surface area contributed by atoms with Crippen molar-refractivity contribution in [3.05, 3.63) is 66.2 Å². The van der Waals surface area contributed by atoms with Gasteiger partial charge < -0.3 is 10.1 Å². The molecule has 3 aromatic carbocycles. The SMILES string of the molecule is COc1ccccc1CNC(=O)C(C)N1c2cccc3cccc(c23)S1(=O)=O. The van der Waals surface area contributed by atoms with Gasteiger partial charge in [-0.2, -0.15) is 0 Å². The molecule has 0 saturated carbocycles. The molecule has 0 aromatic heterocycles. The minimum atomic E-state index is -3.79. The molecule has 7 heteroatoms. The molecule has 6 nitrogen and oxygen atoms in total. The Kier molecular flexibility index (Phi) is 4.47. The zero-order valence-electron chi connectivity index (χ0n) is 15.5. The van der Waals surface area contributed by atoms with Gasteiger partial charge in [-0.15, -0.1) is 0 Å². The zero-order chi connectivity index (χ0) is 19.9. The molecule has 0 spiro atoms. The number of carbonyl (C=O) groups excluding carboxylic acids is 1. The van der Waals surface area contributed by atoms with Crippen molar-refractivity contribution in [3.8, 4) is 5.75 Å². The molecule has 1 atom stereocenters. The van der Waals surface area contributed by atoms with Gasteiger partial charge in [0, 0.05) is 17.5 Å². The Morgan fingerprint density at radius 3 is 2.54 bits per heavy atom. The van der Waals surface area contributed by atoms with Crippen LogP contribution in [0.4, 0.5) is 5.69 Å². The van der Waals surface area contributed by atoms with Gasteiger partial charge in [-0.25, -0.2) is 8.42 Å². The molecule has 1 N–H and O–H groups in total. The first-order valence-corrected chi connectivity index (χ1v) is 10.3. The molecular formula is C21H20N2O4S. The highest BCUT2D eigenvalue weighted by molar-refractivity contribution is 7.93. The van der Waals surface area contributed by atoms with E-state index in [4.69, 9.17) is 4.74 Å². The van der Waals surface area contributed by atoms with Gasteiger partial charge in [0.05, 0.1) is 17.7 Å². The van der Waals surface area contributed by atoms with Gasteiger partial charge in [-0.05, 0) is 30.5 Å². The largest absolute Gasteiger partial charge is 0.496 e. The normalized spacial score (nSPS) is 15.4. The first-order valence-electron chi connectivity index (χ1n) is 8.91. The van der Waals surface area contributed by atoms with Gasteiger partial charge in [0.25, 0.3) is 10.0 Å². The molecule has 0 radical (unpaired) electrons. The summed E-state index contributed by atoms with van der Waals surface area (Å²) in [6.07, 6.45) is 0. The minimum absolute atomic E-state index is 0.241. The maximum atomic E-state index is 13.1. The maximum absolute atomic E-state index is 13.1. The smallest absolute Gasteiger partial charge is 0.265 e. The summed E-state index contributed by atoms with van der Waals surface area (Å²) in [4.78, 5) is 13.0. The standard InChI is InChI=1S/C21H20N2O4S/c1-14(21(24)22-13-16-7-3-4-11-18(16)27-2)23-17-10-5-8-15-9-6-12-19(20(15)17)28(23,25)26/h3-12,14H,13H2,1-2H3,(H,22,24). The lowest BCUT2D eigenvalue weighted by Crippen LogP contribution is -2.46. The monoisotopic (exact) mass is 396 g/mol. The van der Waals surface area contributed by atoms with E-state index in [0.29, 0.717) is 16.8 Å². The fourth-order valence-electron chi connectivity index (χ4n) is 3.62. The Hall–Kier alpha value is -3.06. The van der Waals surface area contributed by atoms with Crippen LogP contribution in [0.15, 0.2) is 65.6 Å². The molecule has 0 saturated heterocycles. The second-order valence-electron chi connectivity index (χ2n) is 6.64. The van der Waals surface area contributed by atoms with Crippen LogP contribution in [-0.4, -0.2) is 27.5 Å². The van der Waals surface area contributed by atoms with Crippen LogP contribution in [0.25, 0.3) is 10.8 Å². The number of rotatable bonds is 5. The number of nitrogens with one attached hydrogen (secondary N) is 1. The van der Waals surface area contributed by atoms with Gasteiger partial charge in [0.15, 0.2) is 0 Å². The Morgan fingerprint density at radius 1 is 1.07 bits per heavy atom. The lowest BCUT2D eigenvalue weighted by atomic mass is 10.1. The van der Waals surface area contributed by atoms with E-state index >= 15 is 0 Å². The van der Waals surface area contributed by atoms with Crippen LogP contribution in [0.3, 0.4) is 0 Å². The highest BCUT2D eigenvalue weighted by Crippen LogP contribution is 2.43. The number of amides is 1. The van der Waals surface area contributed by atoms with E-state index in [-0.39, 0.29) is 17.3 Å². The van der Waals surface area contributed by atoms with Crippen LogP contribution in [0.5, 0.6) is 5.75 Å². The molecule has 1 amide bonds. The molecule has 0 fully saturated rings. The highest BCUT2D eigenvalue weighted by atomic mass is 32.2. The molecule has 1 unspecified atom stereocenters. The number of para-hydroxylation sites is 1. The Labute approximate surface area is 163 Å². The molecular weight excluding hydrogens is 376 g/mol. The van der Waals surface area contributed by atoms with Crippen LogP contribution < -0.4 is 14.4 Å². The van der Waals surface area contributed by atoms with E-state index in [1.54, 1.807) is 38.3 Å². The summed E-state index contributed by atoms with van der Waals surface area (Å²) in [7, 11) is -2.22. The third-order valence-electron chi connectivity index (χ3n) is 5.00. The predicted molar refractivity (Wildman–Crippen MR) is 108 cm³/mol. The number of benzene rings is 3. The number of nitrogens with zero attached hydrogens (tertiary/aromatic N) is 1. The van der Waals surface area contributed by atoms with E-state index < -0.39 is 16.1 Å². The Balaban J connectivity index is 1.62. The predicted octanol–water partition coefficient (Wildman–Crippen LogP) is 3.06. The van der Waals surface area contributed by atoms with Crippen molar-refractivity contribution >= 4 is 32.4 Å². The van der Waals surface area contributed by atoms with Crippen molar-refractivity contribution in [1.29, 1.82) is 0 Å². The first kappa shape index (κ1) is 18.3. The summed E-state index contributed by atoms with van der Waals surface area (Å²) in [5, 5.41) is 4.32. The van der Waals surface area contributed by atoms with Crippen molar-refractivity contribution in [2.45, 2.75) is 24.4 Å². The zero-order valence-corrected chi connectivity index (χ0v) is 16.4. The van der Waals surface area contributed by atoms with Crippen LogP contribution in [0, 0.1) is 0 Å². The van der Waals surface area contributed by atoms with Crippen molar-refractivity contribution in [2.75, 3.05) is 11.4 Å². The third-order valence-corrected chi connectivity index (χ3v) is 6.92. The fraction of sp³-hybridized carbons (Fsp3) is 0.190. The maximum Gasteiger partial charge on any atom is 0.265 e. The summed E-state index contributed by atoms with van der Waals surface area (Å²) in [6, 6.07) is 17.1. The summed E-state index contributed by atoms with van der Waals surface area (Å²) in [5.74, 6) is 0.292. The van der Waals surface area contributed by atoms with Gasteiger partial charge in [-0.3, -0.25) is 9.10 Å². The number of methoxy groups -OCH3 is 1. The molecule has 1 aliphatic heterocycles. The fourth-order valence-corrected chi connectivity index (χ4v) is 5.49. The third kappa shape index (κ3) is 2.79. The van der Waals surface area contributed by atoms with Crippen LogP contribution >= 0.6 is 0 Å². The number of anilines is 1. The number of hydrogen-bond donors (Lipinski definition) is 1. The second kappa shape index (κ2) is 6.83. The van der Waals surface area contributed by atoms with Gasteiger partial charge in [0.1, 0.15) is 11.8 Å². The summed E-state index contributed by atoms with van der Waals surface area (Å²) in [6.45, 7) is 1.85. The molecule has 28 heavy (non-hydrogen) atoms. The Bertz CT molecular complexity index is 1170. The first-order chi connectivity index (χ1) is 13.4. The molecule has 0 bridgehead atoms. The van der Waals surface area contributed by atoms with E-state index in [1.165, 1.54) is 4.31 Å². The van der Waals surface area contributed by atoms with E-state index in [2.05, 4.69) is 5.32 Å². The van der Waals surface area contributed by atoms with Crippen LogP contribution in [0.1, 0.15) is 12.5 Å². The lowest BCUT2D eigenvalue weighted by molar-refractivity contribution is -0.122. The average molecular weight is 396 g/mol. The number of ether oxygens (including phenoxy) is 1. The van der Waals surface area contributed by atoms with Crippen LogP contribution in [0.2, 0.25) is 0 Å². The average Bonchev–Trinajstić information content (AvgIpc) is 2.94. The molecule has 4 rings (SSSR count). The van der Waals surface area contributed by atoms with Gasteiger partial charge in [0.2, 0.25) is 5.91 Å². The minimum Gasteiger partial charge on any atom is -0.496 e. The summed E-state index contributed by atoms with van der Waals surface area (Å²) in [5.41, 5.74) is 1.35. The molecule has 3 aromatic rings. The second-order valence-corrected chi connectivity index (χ2v) is 8.42. The quantitative estimate of drug-likeness (QED) is 0.719. The molecule has 1 aliphatic rings. The number of carbonyl (C=O) groups is 1. The van der Waals surface area contributed by atoms with E-state index in [0.717, 1.165) is 10.9 Å². The van der Waals surface area contributed by atoms with Gasteiger partial charge in [-0.1, -0.05) is 42.5 Å².